The minimum absolute atomic E-state index is 0.0789. The number of alkyl halides is 3. The first-order chi connectivity index (χ1) is 13.3. The van der Waals surface area contributed by atoms with Crippen LogP contribution in [-0.2, 0) is 19.0 Å². The number of nitrogens with one attached hydrogen (secondary N) is 1. The summed E-state index contributed by atoms with van der Waals surface area (Å²) in [5, 5.41) is 16.8. The number of phenolic OH excluding ortho intramolecular Hbond substituents is 1. The van der Waals surface area contributed by atoms with Crippen LogP contribution in [0.2, 0.25) is 0 Å². The van der Waals surface area contributed by atoms with Crippen molar-refractivity contribution >= 4 is 11.6 Å². The lowest BCUT2D eigenvalue weighted by molar-refractivity contribution is -0.137. The average molecular weight is 387 g/mol. The molecule has 28 heavy (non-hydrogen) atoms. The molecule has 1 aliphatic rings. The molecule has 1 aliphatic carbocycles. The minimum atomic E-state index is -4.46. The summed E-state index contributed by atoms with van der Waals surface area (Å²) in [7, 11) is 0. The number of amides is 1. The maximum Gasteiger partial charge on any atom is 0.416 e. The molecule has 0 saturated carbocycles. The third-order valence-electron chi connectivity index (χ3n) is 4.72. The van der Waals surface area contributed by atoms with Crippen LogP contribution in [0.4, 0.5) is 18.9 Å². The summed E-state index contributed by atoms with van der Waals surface area (Å²) >= 11 is 0. The Morgan fingerprint density at radius 2 is 1.89 bits per heavy atom. The van der Waals surface area contributed by atoms with E-state index < -0.39 is 17.6 Å². The zero-order chi connectivity index (χ0) is 19.9. The monoisotopic (exact) mass is 387 g/mol. The van der Waals surface area contributed by atoms with Crippen molar-refractivity contribution in [2.24, 2.45) is 0 Å². The molecule has 0 unspecified atom stereocenters. The van der Waals surface area contributed by atoms with Gasteiger partial charge in [0.1, 0.15) is 5.75 Å². The molecular weight excluding hydrogens is 371 g/mol. The fraction of sp³-hybridized carbons (Fsp3) is 0.200. The van der Waals surface area contributed by atoms with E-state index in [9.17, 15) is 23.1 Å². The summed E-state index contributed by atoms with van der Waals surface area (Å²) in [6, 6.07) is 11.2. The lowest BCUT2D eigenvalue weighted by Gasteiger charge is -2.10. The van der Waals surface area contributed by atoms with E-state index >= 15 is 0 Å². The molecular formula is C20H16F3N3O2. The molecule has 2 aromatic carbocycles. The van der Waals surface area contributed by atoms with Crippen LogP contribution in [0.3, 0.4) is 0 Å². The van der Waals surface area contributed by atoms with E-state index in [1.54, 1.807) is 18.2 Å². The highest BCUT2D eigenvalue weighted by Gasteiger charge is 2.32. The maximum atomic E-state index is 13.1. The number of hydrogen-bond donors (Lipinski definition) is 2. The number of carbonyl (C=O) groups excluding carboxylic acids is 1. The van der Waals surface area contributed by atoms with Gasteiger partial charge in [0.25, 0.3) is 5.91 Å². The fourth-order valence-corrected chi connectivity index (χ4v) is 3.41. The van der Waals surface area contributed by atoms with Crippen LogP contribution in [0.1, 0.15) is 33.7 Å². The highest BCUT2D eigenvalue weighted by atomic mass is 19.4. The normalized spacial score (nSPS) is 13.4. The summed E-state index contributed by atoms with van der Waals surface area (Å²) in [6.45, 7) is 0. The molecule has 1 heterocycles. The lowest BCUT2D eigenvalue weighted by Crippen LogP contribution is -2.15. The highest BCUT2D eigenvalue weighted by Crippen LogP contribution is 2.33. The molecule has 1 aromatic heterocycles. The lowest BCUT2D eigenvalue weighted by atomic mass is 10.1. The van der Waals surface area contributed by atoms with Crippen LogP contribution in [0, 0.1) is 0 Å². The van der Waals surface area contributed by atoms with Gasteiger partial charge in [-0.3, -0.25) is 4.79 Å². The molecule has 0 radical (unpaired) electrons. The van der Waals surface area contributed by atoms with E-state index in [0.29, 0.717) is 12.8 Å². The van der Waals surface area contributed by atoms with Crippen molar-refractivity contribution in [2.45, 2.75) is 25.4 Å². The first-order valence-corrected chi connectivity index (χ1v) is 8.72. The predicted octanol–water partition coefficient (Wildman–Crippen LogP) is 4.34. The van der Waals surface area contributed by atoms with Gasteiger partial charge in [0.05, 0.1) is 16.9 Å². The van der Waals surface area contributed by atoms with Crippen molar-refractivity contribution in [1.82, 2.24) is 9.78 Å². The van der Waals surface area contributed by atoms with Crippen LogP contribution >= 0.6 is 0 Å². The van der Waals surface area contributed by atoms with Crippen LogP contribution in [0.5, 0.6) is 5.75 Å². The Balaban J connectivity index is 1.73. The third kappa shape index (κ3) is 3.21. The maximum absolute atomic E-state index is 13.1. The van der Waals surface area contributed by atoms with Gasteiger partial charge in [-0.15, -0.1) is 0 Å². The largest absolute Gasteiger partial charge is 0.506 e. The third-order valence-corrected chi connectivity index (χ3v) is 4.72. The van der Waals surface area contributed by atoms with Crippen LogP contribution in [-0.4, -0.2) is 20.8 Å². The summed E-state index contributed by atoms with van der Waals surface area (Å²) in [6.07, 6.45) is -2.42. The zero-order valence-electron chi connectivity index (χ0n) is 14.6. The molecule has 0 bridgehead atoms. The van der Waals surface area contributed by atoms with Gasteiger partial charge in [-0.2, -0.15) is 18.3 Å². The van der Waals surface area contributed by atoms with Gasteiger partial charge in [0.15, 0.2) is 5.69 Å². The summed E-state index contributed by atoms with van der Waals surface area (Å²) in [4.78, 5) is 12.7. The SMILES string of the molecule is O=C(Nc1ccccc1O)c1nn(-c2cccc(C(F)(F)F)c2)c2c1CCC2. The van der Waals surface area contributed by atoms with Gasteiger partial charge < -0.3 is 10.4 Å². The second-order valence-corrected chi connectivity index (χ2v) is 6.56. The number of halogens is 3. The number of anilines is 1. The number of nitrogens with zero attached hydrogens (tertiary/aromatic N) is 2. The number of rotatable bonds is 3. The molecule has 5 nitrogen and oxygen atoms in total. The number of benzene rings is 2. The Kier molecular flexibility index (Phi) is 4.33. The topological polar surface area (TPSA) is 67.2 Å². The number of phenols is 1. The summed E-state index contributed by atoms with van der Waals surface area (Å²) in [5.74, 6) is -0.588. The Bertz CT molecular complexity index is 1060. The number of hydrogen-bond acceptors (Lipinski definition) is 3. The van der Waals surface area contributed by atoms with E-state index in [4.69, 9.17) is 0 Å². The fourth-order valence-electron chi connectivity index (χ4n) is 3.41. The van der Waals surface area contributed by atoms with E-state index in [2.05, 4.69) is 10.4 Å². The number of para-hydroxylation sites is 2. The molecule has 0 atom stereocenters. The number of carbonyl (C=O) groups is 1. The quantitative estimate of drug-likeness (QED) is 0.657. The minimum Gasteiger partial charge on any atom is -0.506 e. The van der Waals surface area contributed by atoms with Crippen molar-refractivity contribution in [3.63, 3.8) is 0 Å². The molecule has 144 valence electrons. The number of aromatic hydroxyl groups is 1. The van der Waals surface area contributed by atoms with Crippen LogP contribution in [0.25, 0.3) is 5.69 Å². The van der Waals surface area contributed by atoms with Gasteiger partial charge in [-0.1, -0.05) is 18.2 Å². The Morgan fingerprint density at radius 3 is 2.64 bits per heavy atom. The molecule has 4 rings (SSSR count). The average Bonchev–Trinajstić information content (AvgIpc) is 3.25. The first-order valence-electron chi connectivity index (χ1n) is 8.72. The second kappa shape index (κ2) is 6.70. The van der Waals surface area contributed by atoms with E-state index in [1.165, 1.54) is 22.9 Å². The molecule has 0 aliphatic heterocycles. The molecule has 8 heteroatoms. The van der Waals surface area contributed by atoms with Gasteiger partial charge >= 0.3 is 6.18 Å². The standard InChI is InChI=1S/C20H16F3N3O2/c21-20(22,23)12-5-3-6-13(11-12)26-16-9-4-7-14(16)18(25-26)19(28)24-15-8-1-2-10-17(15)27/h1-3,5-6,8,10-11,27H,4,7,9H2,(H,24,28). The van der Waals surface area contributed by atoms with Crippen molar-refractivity contribution in [3.05, 3.63) is 71.0 Å². The Labute approximate surface area is 158 Å². The molecule has 0 fully saturated rings. The van der Waals surface area contributed by atoms with E-state index in [0.717, 1.165) is 29.8 Å². The van der Waals surface area contributed by atoms with Crippen LogP contribution in [0.15, 0.2) is 48.5 Å². The van der Waals surface area contributed by atoms with Gasteiger partial charge in [-0.05, 0) is 49.6 Å². The zero-order valence-corrected chi connectivity index (χ0v) is 14.6. The van der Waals surface area contributed by atoms with Gasteiger partial charge in [0, 0.05) is 11.3 Å². The molecule has 0 saturated heterocycles. The van der Waals surface area contributed by atoms with Crippen LogP contribution < -0.4 is 5.32 Å². The highest BCUT2D eigenvalue weighted by molar-refractivity contribution is 6.05. The van der Waals surface area contributed by atoms with Gasteiger partial charge in [0.2, 0.25) is 0 Å². The van der Waals surface area contributed by atoms with E-state index in [1.807, 2.05) is 0 Å². The summed E-state index contributed by atoms with van der Waals surface area (Å²) in [5.41, 5.74) is 1.36. The first kappa shape index (κ1) is 18.1. The smallest absolute Gasteiger partial charge is 0.416 e. The summed E-state index contributed by atoms with van der Waals surface area (Å²) < 4.78 is 40.6. The molecule has 2 N–H and O–H groups in total. The Hall–Kier alpha value is -3.29. The van der Waals surface area contributed by atoms with Gasteiger partial charge in [-0.25, -0.2) is 4.68 Å². The molecule has 1 amide bonds. The Morgan fingerprint density at radius 1 is 1.11 bits per heavy atom. The predicted molar refractivity (Wildman–Crippen MR) is 96.7 cm³/mol. The number of fused-ring (bicyclic) bond motifs is 1. The van der Waals surface area contributed by atoms with Crippen molar-refractivity contribution in [1.29, 1.82) is 0 Å². The molecule has 3 aromatic rings. The van der Waals surface area contributed by atoms with Crippen molar-refractivity contribution in [3.8, 4) is 11.4 Å². The second-order valence-electron chi connectivity index (χ2n) is 6.56. The van der Waals surface area contributed by atoms with Crippen molar-refractivity contribution in [2.75, 3.05) is 5.32 Å². The number of aromatic nitrogens is 2. The van der Waals surface area contributed by atoms with E-state index in [-0.39, 0.29) is 22.8 Å². The molecule has 0 spiro atoms. The van der Waals surface area contributed by atoms with Crippen molar-refractivity contribution < 1.29 is 23.1 Å².